The Balaban J connectivity index is 1.73. The minimum Gasteiger partial charge on any atom is -0.326 e. The number of nitrogens with zero attached hydrogens (tertiary/aromatic N) is 1. The number of carbonyl (C=O) groups excluding carboxylic acids is 2. The first-order valence-corrected chi connectivity index (χ1v) is 7.78. The average Bonchev–Trinajstić information content (AvgIpc) is 2.90. The fourth-order valence-electron chi connectivity index (χ4n) is 2.99. The number of rotatable bonds is 3. The largest absolute Gasteiger partial charge is 0.326 e. The number of benzene rings is 2. The predicted molar refractivity (Wildman–Crippen MR) is 91.4 cm³/mol. The molecule has 3 rings (SSSR count). The molecule has 2 aromatic rings. The van der Waals surface area contributed by atoms with Gasteiger partial charge in [-0.25, -0.2) is 0 Å². The highest BCUT2D eigenvalue weighted by Gasteiger charge is 2.35. The van der Waals surface area contributed by atoms with Crippen molar-refractivity contribution < 1.29 is 9.59 Å². The summed E-state index contributed by atoms with van der Waals surface area (Å²) in [5, 5.41) is 2.88. The van der Waals surface area contributed by atoms with Gasteiger partial charge < -0.3 is 10.2 Å². The van der Waals surface area contributed by atoms with Crippen molar-refractivity contribution in [3.63, 3.8) is 0 Å². The van der Waals surface area contributed by atoms with Crippen LogP contribution in [0.2, 0.25) is 0 Å². The lowest BCUT2D eigenvalue weighted by molar-refractivity contribution is -0.122. The quantitative estimate of drug-likeness (QED) is 0.946. The topological polar surface area (TPSA) is 49.4 Å². The van der Waals surface area contributed by atoms with Crippen molar-refractivity contribution in [2.45, 2.75) is 20.3 Å². The lowest BCUT2D eigenvalue weighted by Gasteiger charge is -2.19. The van der Waals surface area contributed by atoms with Crippen molar-refractivity contribution in [3.8, 4) is 0 Å². The second kappa shape index (κ2) is 6.24. The predicted octanol–water partition coefficient (Wildman–Crippen LogP) is 3.30. The van der Waals surface area contributed by atoms with Crippen LogP contribution >= 0.6 is 0 Å². The Morgan fingerprint density at radius 3 is 2.57 bits per heavy atom. The van der Waals surface area contributed by atoms with Crippen LogP contribution in [0.3, 0.4) is 0 Å². The number of para-hydroxylation sites is 1. The van der Waals surface area contributed by atoms with Crippen LogP contribution in [0.5, 0.6) is 0 Å². The molecule has 4 nitrogen and oxygen atoms in total. The highest BCUT2D eigenvalue weighted by molar-refractivity contribution is 6.03. The monoisotopic (exact) mass is 308 g/mol. The van der Waals surface area contributed by atoms with Crippen molar-refractivity contribution in [2.75, 3.05) is 16.8 Å². The molecule has 1 heterocycles. The maximum Gasteiger partial charge on any atom is 0.229 e. The van der Waals surface area contributed by atoms with E-state index < -0.39 is 0 Å². The van der Waals surface area contributed by atoms with Crippen molar-refractivity contribution in [1.82, 2.24) is 0 Å². The van der Waals surface area contributed by atoms with E-state index in [4.69, 9.17) is 0 Å². The summed E-state index contributed by atoms with van der Waals surface area (Å²) in [5.41, 5.74) is 3.88. The van der Waals surface area contributed by atoms with Gasteiger partial charge in [-0.2, -0.15) is 0 Å². The van der Waals surface area contributed by atoms with E-state index in [0.717, 1.165) is 22.5 Å². The molecule has 0 bridgehead atoms. The molecule has 1 fully saturated rings. The Bertz CT molecular complexity index is 740. The molecule has 0 spiro atoms. The molecule has 0 aromatic heterocycles. The molecule has 0 saturated carbocycles. The Labute approximate surface area is 136 Å². The summed E-state index contributed by atoms with van der Waals surface area (Å²) in [5.74, 6) is -0.412. The molecule has 23 heavy (non-hydrogen) atoms. The van der Waals surface area contributed by atoms with E-state index in [1.54, 1.807) is 4.90 Å². The smallest absolute Gasteiger partial charge is 0.229 e. The van der Waals surface area contributed by atoms with Gasteiger partial charge in [0.1, 0.15) is 0 Å². The van der Waals surface area contributed by atoms with Crippen LogP contribution in [0.25, 0.3) is 0 Å². The number of nitrogens with one attached hydrogen (secondary N) is 1. The minimum absolute atomic E-state index is 0.00478. The van der Waals surface area contributed by atoms with Gasteiger partial charge in [0, 0.05) is 24.3 Å². The first-order chi connectivity index (χ1) is 11.0. The molecule has 2 amide bonds. The highest BCUT2D eigenvalue weighted by atomic mass is 16.2. The van der Waals surface area contributed by atoms with Gasteiger partial charge in [-0.1, -0.05) is 35.9 Å². The fraction of sp³-hybridized carbons (Fsp3) is 0.263. The molecular weight excluding hydrogens is 288 g/mol. The molecule has 1 atom stereocenters. The van der Waals surface area contributed by atoms with E-state index in [-0.39, 0.29) is 24.2 Å². The van der Waals surface area contributed by atoms with Crippen molar-refractivity contribution in [1.29, 1.82) is 0 Å². The van der Waals surface area contributed by atoms with Gasteiger partial charge >= 0.3 is 0 Å². The lowest BCUT2D eigenvalue weighted by atomic mass is 10.1. The van der Waals surface area contributed by atoms with Crippen LogP contribution in [-0.4, -0.2) is 18.4 Å². The number of anilines is 2. The number of hydrogen-bond donors (Lipinski definition) is 1. The van der Waals surface area contributed by atoms with Crippen molar-refractivity contribution >= 4 is 23.2 Å². The molecule has 0 unspecified atom stereocenters. The van der Waals surface area contributed by atoms with E-state index in [9.17, 15) is 9.59 Å². The molecular formula is C19H20N2O2. The fourth-order valence-corrected chi connectivity index (χ4v) is 2.99. The first kappa shape index (κ1) is 15.3. The van der Waals surface area contributed by atoms with E-state index in [2.05, 4.69) is 11.4 Å². The van der Waals surface area contributed by atoms with Gasteiger partial charge in [0.05, 0.1) is 5.92 Å². The van der Waals surface area contributed by atoms with Crippen LogP contribution in [0.4, 0.5) is 11.4 Å². The maximum atomic E-state index is 12.4. The maximum absolute atomic E-state index is 12.4. The molecule has 2 aromatic carbocycles. The van der Waals surface area contributed by atoms with Gasteiger partial charge in [-0.3, -0.25) is 9.59 Å². The van der Waals surface area contributed by atoms with E-state index in [1.807, 2.05) is 56.3 Å². The summed E-state index contributed by atoms with van der Waals surface area (Å²) in [6.07, 6.45) is 0.256. The Kier molecular flexibility index (Phi) is 4.15. The SMILES string of the molecule is Cc1ccc(N2C[C@H](C(=O)Nc3ccccc3)CC2=O)c(C)c1. The summed E-state index contributed by atoms with van der Waals surface area (Å²) in [6.45, 7) is 4.45. The zero-order valence-electron chi connectivity index (χ0n) is 13.4. The summed E-state index contributed by atoms with van der Waals surface area (Å²) >= 11 is 0. The molecule has 1 aliphatic heterocycles. The molecule has 0 aliphatic carbocycles. The van der Waals surface area contributed by atoms with Gasteiger partial charge in [-0.05, 0) is 37.6 Å². The molecule has 1 saturated heterocycles. The van der Waals surface area contributed by atoms with Crippen LogP contribution in [0, 0.1) is 19.8 Å². The normalized spacial score (nSPS) is 17.4. The molecule has 118 valence electrons. The van der Waals surface area contributed by atoms with Gasteiger partial charge in [-0.15, -0.1) is 0 Å². The average molecular weight is 308 g/mol. The lowest BCUT2D eigenvalue weighted by Crippen LogP contribution is -2.28. The van der Waals surface area contributed by atoms with Crippen molar-refractivity contribution in [3.05, 3.63) is 59.7 Å². The van der Waals surface area contributed by atoms with E-state index in [1.165, 1.54) is 0 Å². The van der Waals surface area contributed by atoms with Crippen molar-refractivity contribution in [2.24, 2.45) is 5.92 Å². The van der Waals surface area contributed by atoms with Crippen LogP contribution in [0.1, 0.15) is 17.5 Å². The zero-order chi connectivity index (χ0) is 16.4. The van der Waals surface area contributed by atoms with Gasteiger partial charge in [0.15, 0.2) is 0 Å². The number of carbonyl (C=O) groups is 2. The van der Waals surface area contributed by atoms with Crippen LogP contribution in [-0.2, 0) is 9.59 Å². The summed E-state index contributed by atoms with van der Waals surface area (Å²) in [4.78, 5) is 26.4. The Morgan fingerprint density at radius 1 is 1.13 bits per heavy atom. The summed E-state index contributed by atoms with van der Waals surface area (Å²) in [7, 11) is 0. The van der Waals surface area contributed by atoms with Gasteiger partial charge in [0.2, 0.25) is 11.8 Å². The second-order valence-electron chi connectivity index (χ2n) is 6.05. The second-order valence-corrected chi connectivity index (χ2v) is 6.05. The standard InChI is InChI=1S/C19H20N2O2/c1-13-8-9-17(14(2)10-13)21-12-15(11-18(21)22)19(23)20-16-6-4-3-5-7-16/h3-10,15H,11-12H2,1-2H3,(H,20,23)/t15-/m1/s1. The highest BCUT2D eigenvalue weighted by Crippen LogP contribution is 2.29. The zero-order valence-corrected chi connectivity index (χ0v) is 13.4. The van der Waals surface area contributed by atoms with Crippen LogP contribution < -0.4 is 10.2 Å². The van der Waals surface area contributed by atoms with E-state index in [0.29, 0.717) is 6.54 Å². The number of amides is 2. The minimum atomic E-state index is -0.316. The molecule has 1 aliphatic rings. The Morgan fingerprint density at radius 2 is 1.87 bits per heavy atom. The Hall–Kier alpha value is -2.62. The number of hydrogen-bond acceptors (Lipinski definition) is 2. The third-order valence-corrected chi connectivity index (χ3v) is 4.18. The molecule has 1 N–H and O–H groups in total. The summed E-state index contributed by atoms with van der Waals surface area (Å²) < 4.78 is 0. The number of aryl methyl sites for hydroxylation is 2. The van der Waals surface area contributed by atoms with Crippen LogP contribution in [0.15, 0.2) is 48.5 Å². The molecule has 4 heteroatoms. The van der Waals surface area contributed by atoms with Gasteiger partial charge in [0.25, 0.3) is 0 Å². The third kappa shape index (κ3) is 3.26. The van der Waals surface area contributed by atoms with E-state index >= 15 is 0 Å². The summed E-state index contributed by atoms with van der Waals surface area (Å²) in [6, 6.07) is 15.3. The first-order valence-electron chi connectivity index (χ1n) is 7.78. The molecule has 0 radical (unpaired) electrons. The third-order valence-electron chi connectivity index (χ3n) is 4.18.